The number of para-hydroxylation sites is 1. The minimum absolute atomic E-state index is 0. The molecular weight excluding hydrogens is 511 g/mol. The minimum Gasteiger partial charge on any atom is -0.744 e. The van der Waals surface area contributed by atoms with Gasteiger partial charge in [0.1, 0.15) is 20.9 Å². The third-order valence-corrected chi connectivity index (χ3v) is 7.22. The van der Waals surface area contributed by atoms with Gasteiger partial charge in [0.25, 0.3) is 5.91 Å². The summed E-state index contributed by atoms with van der Waals surface area (Å²) in [6, 6.07) is 18.7. The van der Waals surface area contributed by atoms with Crippen LogP contribution in [-0.2, 0) is 14.9 Å². The smallest absolute Gasteiger partial charge is 0.744 e. The molecule has 0 aliphatic heterocycles. The van der Waals surface area contributed by atoms with Crippen LogP contribution in [0.4, 0.5) is 11.4 Å². The number of nitrogens with one attached hydrogen (secondary N) is 1. The van der Waals surface area contributed by atoms with Crippen molar-refractivity contribution in [1.29, 1.82) is 0 Å². The number of carbonyl (C=O) groups excluding carboxylic acids is 1. The molecule has 0 spiro atoms. The number of azo groups is 1. The van der Waals surface area contributed by atoms with Gasteiger partial charge in [-0.3, -0.25) is 4.79 Å². The van der Waals surface area contributed by atoms with Crippen molar-refractivity contribution in [1.82, 2.24) is 4.98 Å². The quantitative estimate of drug-likeness (QED) is 0.129. The summed E-state index contributed by atoms with van der Waals surface area (Å²) in [5.74, 6) is -0.891. The third-order valence-electron chi connectivity index (χ3n) is 4.93. The topological polar surface area (TPSA) is 144 Å². The third kappa shape index (κ3) is 6.25. The molecular formula is C24H19N4NaO5S2. The number of anilines is 1. The number of rotatable bonds is 6. The Labute approximate surface area is 233 Å². The number of aromatic nitrogens is 1. The molecule has 0 bridgehead atoms. The molecule has 0 fully saturated rings. The molecule has 1 amide bonds. The number of fused-ring (bicyclic) bond motifs is 1. The first kappa shape index (κ1) is 27.7. The average molecular weight is 531 g/mol. The summed E-state index contributed by atoms with van der Waals surface area (Å²) in [6.45, 7) is 2.91. The molecule has 1 heterocycles. The predicted molar refractivity (Wildman–Crippen MR) is 133 cm³/mol. The van der Waals surface area contributed by atoms with E-state index in [0.717, 1.165) is 11.3 Å². The molecule has 1 aromatic heterocycles. The first-order chi connectivity index (χ1) is 16.6. The molecule has 0 saturated heterocycles. The second-order valence-corrected chi connectivity index (χ2v) is 9.85. The summed E-state index contributed by atoms with van der Waals surface area (Å²) in [6.07, 6.45) is 0. The molecule has 12 heteroatoms. The van der Waals surface area contributed by atoms with Gasteiger partial charge in [-0.15, -0.1) is 16.5 Å². The molecule has 2 N–H and O–H groups in total. The fraction of sp³-hybridized carbons (Fsp3) is 0.0833. The Kier molecular flexibility index (Phi) is 8.77. The number of amides is 1. The van der Waals surface area contributed by atoms with Gasteiger partial charge >= 0.3 is 29.6 Å². The Morgan fingerprint density at radius 3 is 2.33 bits per heavy atom. The number of aliphatic hydroxyl groups is 1. The van der Waals surface area contributed by atoms with E-state index >= 15 is 0 Å². The van der Waals surface area contributed by atoms with Gasteiger partial charge in [0, 0.05) is 11.3 Å². The van der Waals surface area contributed by atoms with Crippen molar-refractivity contribution in [3.05, 3.63) is 83.7 Å². The van der Waals surface area contributed by atoms with Gasteiger partial charge in [-0.25, -0.2) is 13.4 Å². The first-order valence-corrected chi connectivity index (χ1v) is 12.5. The van der Waals surface area contributed by atoms with Crippen LogP contribution < -0.4 is 34.9 Å². The number of hydrogen-bond donors (Lipinski definition) is 2. The van der Waals surface area contributed by atoms with Crippen LogP contribution in [0.3, 0.4) is 0 Å². The molecule has 0 saturated carbocycles. The Bertz CT molecular complexity index is 1580. The molecule has 4 rings (SSSR count). The van der Waals surface area contributed by atoms with E-state index in [1.54, 1.807) is 67.6 Å². The van der Waals surface area contributed by atoms with E-state index < -0.39 is 16.0 Å². The number of benzene rings is 3. The van der Waals surface area contributed by atoms with Gasteiger partial charge in [0.15, 0.2) is 5.70 Å². The fourth-order valence-corrected chi connectivity index (χ4v) is 5.56. The maximum absolute atomic E-state index is 12.5. The number of nitrogens with zero attached hydrogens (tertiary/aromatic N) is 3. The number of allylic oxidation sites excluding steroid dienone is 1. The summed E-state index contributed by atoms with van der Waals surface area (Å²) >= 11 is 1.11. The van der Waals surface area contributed by atoms with E-state index in [1.165, 1.54) is 6.92 Å². The van der Waals surface area contributed by atoms with Crippen LogP contribution in [0.5, 0.6) is 0 Å². The van der Waals surface area contributed by atoms with Crippen LogP contribution in [-0.4, -0.2) is 29.0 Å². The molecule has 0 aliphatic carbocycles. The Morgan fingerprint density at radius 1 is 1.06 bits per heavy atom. The van der Waals surface area contributed by atoms with Crippen molar-refractivity contribution < 1.29 is 52.4 Å². The second kappa shape index (κ2) is 11.4. The largest absolute Gasteiger partial charge is 1.00 e. The number of carbonyl (C=O) groups is 1. The Morgan fingerprint density at radius 2 is 1.72 bits per heavy atom. The van der Waals surface area contributed by atoms with E-state index in [9.17, 15) is 22.9 Å². The number of thiazole rings is 1. The summed E-state index contributed by atoms with van der Waals surface area (Å²) < 4.78 is 35.5. The van der Waals surface area contributed by atoms with Crippen LogP contribution >= 0.6 is 11.3 Å². The number of aryl methyl sites for hydroxylation is 1. The summed E-state index contributed by atoms with van der Waals surface area (Å²) in [4.78, 5) is 16.7. The molecule has 178 valence electrons. The van der Waals surface area contributed by atoms with E-state index in [4.69, 9.17) is 0 Å². The molecule has 36 heavy (non-hydrogen) atoms. The molecule has 0 radical (unpaired) electrons. The SMILES string of the molecule is C/C(O)=C(\N=Nc1ccc(-c2nc3ccc(C)c(S(=O)(=O)[O-])c3s2)cc1)C(=O)Nc1ccccc1.[Na+]. The van der Waals surface area contributed by atoms with Crippen LogP contribution in [0.15, 0.2) is 93.3 Å². The van der Waals surface area contributed by atoms with E-state index in [-0.39, 0.29) is 45.9 Å². The van der Waals surface area contributed by atoms with Crippen molar-refractivity contribution >= 4 is 49.0 Å². The van der Waals surface area contributed by atoms with Crippen LogP contribution in [0.2, 0.25) is 0 Å². The van der Waals surface area contributed by atoms with Gasteiger partial charge in [-0.2, -0.15) is 5.11 Å². The van der Waals surface area contributed by atoms with Crippen molar-refractivity contribution in [2.75, 3.05) is 5.32 Å². The molecule has 0 atom stereocenters. The van der Waals surface area contributed by atoms with Gasteiger partial charge in [-0.1, -0.05) is 24.3 Å². The van der Waals surface area contributed by atoms with Crippen molar-refractivity contribution in [2.45, 2.75) is 18.7 Å². The standard InChI is InChI=1S/C24H20N4O5S2.Na/c1-14-8-13-19-21(22(14)35(31,32)33)34-24(26-19)16-9-11-18(12-10-16)27-28-20(15(2)29)23(30)25-17-6-4-3-5-7-17;/h3-13,29H,1-2H3,(H,25,30)(H,31,32,33);/q;+1/p-1/b20-15+,28-27?;. The molecule has 3 aromatic carbocycles. The maximum atomic E-state index is 12.5. The van der Waals surface area contributed by atoms with E-state index in [0.29, 0.717) is 37.7 Å². The zero-order chi connectivity index (χ0) is 25.2. The van der Waals surface area contributed by atoms with Crippen LogP contribution in [0, 0.1) is 6.92 Å². The van der Waals surface area contributed by atoms with E-state index in [1.807, 2.05) is 6.07 Å². The monoisotopic (exact) mass is 530 g/mol. The zero-order valence-corrected chi connectivity index (χ0v) is 23.2. The van der Waals surface area contributed by atoms with Gasteiger partial charge in [-0.05, 0) is 61.9 Å². The van der Waals surface area contributed by atoms with Crippen molar-refractivity contribution in [3.63, 3.8) is 0 Å². The van der Waals surface area contributed by atoms with Crippen molar-refractivity contribution in [3.8, 4) is 10.6 Å². The molecule has 0 unspecified atom stereocenters. The van der Waals surface area contributed by atoms with Crippen LogP contribution in [0.25, 0.3) is 20.8 Å². The first-order valence-electron chi connectivity index (χ1n) is 10.3. The van der Waals surface area contributed by atoms with Crippen molar-refractivity contribution in [2.24, 2.45) is 10.2 Å². The molecule has 9 nitrogen and oxygen atoms in total. The predicted octanol–water partition coefficient (Wildman–Crippen LogP) is 2.69. The van der Waals surface area contributed by atoms with Gasteiger partial charge in [0.05, 0.1) is 20.8 Å². The normalized spacial score (nSPS) is 12.3. The zero-order valence-electron chi connectivity index (χ0n) is 19.6. The number of hydrogen-bond acceptors (Lipinski definition) is 9. The van der Waals surface area contributed by atoms with Crippen LogP contribution in [0.1, 0.15) is 12.5 Å². The van der Waals surface area contributed by atoms with Gasteiger partial charge < -0.3 is 15.0 Å². The summed E-state index contributed by atoms with van der Waals surface area (Å²) in [7, 11) is -4.65. The maximum Gasteiger partial charge on any atom is 1.00 e. The van der Waals surface area contributed by atoms with E-state index in [2.05, 4.69) is 20.5 Å². The summed E-state index contributed by atoms with van der Waals surface area (Å²) in [5.41, 5.74) is 2.22. The summed E-state index contributed by atoms with van der Waals surface area (Å²) in [5, 5.41) is 21.0. The average Bonchev–Trinajstić information content (AvgIpc) is 3.23. The molecule has 0 aliphatic rings. The molecule has 4 aromatic rings. The fourth-order valence-electron chi connectivity index (χ4n) is 3.27. The Hall–Kier alpha value is -2.93. The minimum atomic E-state index is -4.65. The van der Waals surface area contributed by atoms with Gasteiger partial charge in [0.2, 0.25) is 0 Å². The Balaban J connectivity index is 0.00000361. The number of aliphatic hydroxyl groups excluding tert-OH is 1. The second-order valence-electron chi connectivity index (χ2n) is 7.53.